The van der Waals surface area contributed by atoms with Crippen LogP contribution in [0.15, 0.2) is 42.5 Å². The van der Waals surface area contributed by atoms with Crippen LogP contribution in [0.2, 0.25) is 0 Å². The molecule has 1 aliphatic heterocycles. The van der Waals surface area contributed by atoms with Gasteiger partial charge >= 0.3 is 0 Å². The highest BCUT2D eigenvalue weighted by Crippen LogP contribution is 2.26. The van der Waals surface area contributed by atoms with Gasteiger partial charge in [-0.25, -0.2) is 8.78 Å². The van der Waals surface area contributed by atoms with Gasteiger partial charge in [0, 0.05) is 43.5 Å². The molecule has 0 unspecified atom stereocenters. The number of piperidine rings is 1. The highest BCUT2D eigenvalue weighted by atomic mass is 19.1. The number of carbonyl (C=O) groups is 1. The van der Waals surface area contributed by atoms with Crippen molar-refractivity contribution in [1.29, 1.82) is 0 Å². The Balaban J connectivity index is 1.77. The number of likely N-dealkylation sites (tertiary alicyclic amines) is 1. The fourth-order valence-corrected chi connectivity index (χ4v) is 3.50. The molecule has 2 aromatic carbocycles. The van der Waals surface area contributed by atoms with E-state index in [1.165, 1.54) is 12.1 Å². The number of benzene rings is 2. The van der Waals surface area contributed by atoms with Crippen LogP contribution in [-0.4, -0.2) is 37.1 Å². The Morgan fingerprint density at radius 1 is 1.15 bits per heavy atom. The van der Waals surface area contributed by atoms with Gasteiger partial charge in [0.2, 0.25) is 0 Å². The zero-order valence-corrected chi connectivity index (χ0v) is 14.9. The van der Waals surface area contributed by atoms with Gasteiger partial charge in [-0.15, -0.1) is 0 Å². The average Bonchev–Trinajstić information content (AvgIpc) is 2.66. The first-order valence-corrected chi connectivity index (χ1v) is 8.95. The molecular weight excluding hydrogens is 336 g/mol. The van der Waals surface area contributed by atoms with Crippen molar-refractivity contribution in [3.05, 3.63) is 59.7 Å². The normalized spacial score (nSPS) is 17.3. The monoisotopic (exact) mass is 359 g/mol. The summed E-state index contributed by atoms with van der Waals surface area (Å²) in [5.41, 5.74) is 1.52. The highest BCUT2D eigenvalue weighted by molar-refractivity contribution is 5.95. The standard InChI is InChI=1S/C21H23F2NO2/c1-26-13-11-18-4-2-3-12-24(18)21(25)16-7-5-15(6-8-16)19-10-9-17(22)14-20(19)23/h5-10,14,18H,2-4,11-13H2,1H3/t18-/m1/s1. The van der Waals surface area contributed by atoms with Gasteiger partial charge in [-0.2, -0.15) is 0 Å². The number of rotatable bonds is 5. The van der Waals surface area contributed by atoms with Gasteiger partial charge in [0.1, 0.15) is 11.6 Å². The molecule has 0 aliphatic carbocycles. The van der Waals surface area contributed by atoms with E-state index >= 15 is 0 Å². The predicted octanol–water partition coefficient (Wildman–Crippen LogP) is 4.66. The second-order valence-electron chi connectivity index (χ2n) is 6.63. The van der Waals surface area contributed by atoms with Crippen LogP contribution in [0.1, 0.15) is 36.0 Å². The SMILES string of the molecule is COCC[C@H]1CCCCN1C(=O)c1ccc(-c2ccc(F)cc2F)cc1. The van der Waals surface area contributed by atoms with Crippen molar-refractivity contribution < 1.29 is 18.3 Å². The van der Waals surface area contributed by atoms with Gasteiger partial charge in [0.25, 0.3) is 5.91 Å². The third-order valence-corrected chi connectivity index (χ3v) is 4.92. The number of nitrogens with zero attached hydrogens (tertiary/aromatic N) is 1. The summed E-state index contributed by atoms with van der Waals surface area (Å²) in [6, 6.07) is 10.5. The van der Waals surface area contributed by atoms with Crippen molar-refractivity contribution in [1.82, 2.24) is 4.90 Å². The van der Waals surface area contributed by atoms with Crippen LogP contribution in [-0.2, 0) is 4.74 Å². The summed E-state index contributed by atoms with van der Waals surface area (Å²) in [4.78, 5) is 14.8. The quantitative estimate of drug-likeness (QED) is 0.777. The van der Waals surface area contributed by atoms with Crippen LogP contribution in [0.4, 0.5) is 8.78 Å². The van der Waals surface area contributed by atoms with E-state index in [0.717, 1.165) is 38.3 Å². The second-order valence-corrected chi connectivity index (χ2v) is 6.63. The van der Waals surface area contributed by atoms with Gasteiger partial charge in [-0.1, -0.05) is 12.1 Å². The predicted molar refractivity (Wildman–Crippen MR) is 97.0 cm³/mol. The molecular formula is C21H23F2NO2. The maximum Gasteiger partial charge on any atom is 0.254 e. The molecule has 1 atom stereocenters. The average molecular weight is 359 g/mol. The molecule has 1 fully saturated rings. The number of methoxy groups -OCH3 is 1. The van der Waals surface area contributed by atoms with E-state index in [0.29, 0.717) is 23.3 Å². The fraction of sp³-hybridized carbons (Fsp3) is 0.381. The van der Waals surface area contributed by atoms with Crippen LogP contribution in [0, 0.1) is 11.6 Å². The van der Waals surface area contributed by atoms with Crippen molar-refractivity contribution in [2.45, 2.75) is 31.7 Å². The summed E-state index contributed by atoms with van der Waals surface area (Å²) in [5, 5.41) is 0. The van der Waals surface area contributed by atoms with Crippen LogP contribution >= 0.6 is 0 Å². The highest BCUT2D eigenvalue weighted by Gasteiger charge is 2.27. The number of halogens is 2. The van der Waals surface area contributed by atoms with Gasteiger partial charge in [-0.05, 0) is 55.5 Å². The van der Waals surface area contributed by atoms with Crippen molar-refractivity contribution >= 4 is 5.91 Å². The molecule has 3 nitrogen and oxygen atoms in total. The second kappa shape index (κ2) is 8.41. The molecule has 5 heteroatoms. The molecule has 2 aromatic rings. The van der Waals surface area contributed by atoms with Crippen molar-refractivity contribution in [3.63, 3.8) is 0 Å². The van der Waals surface area contributed by atoms with Gasteiger partial charge in [0.05, 0.1) is 0 Å². The number of hydrogen-bond donors (Lipinski definition) is 0. The van der Waals surface area contributed by atoms with Crippen LogP contribution in [0.5, 0.6) is 0 Å². The Morgan fingerprint density at radius 3 is 2.62 bits per heavy atom. The first-order valence-electron chi connectivity index (χ1n) is 8.95. The van der Waals surface area contributed by atoms with Crippen molar-refractivity contribution in [2.24, 2.45) is 0 Å². The molecule has 0 spiro atoms. The lowest BCUT2D eigenvalue weighted by Gasteiger charge is -2.36. The maximum atomic E-state index is 13.9. The Morgan fingerprint density at radius 2 is 1.92 bits per heavy atom. The smallest absolute Gasteiger partial charge is 0.254 e. The topological polar surface area (TPSA) is 29.5 Å². The molecule has 0 bridgehead atoms. The zero-order chi connectivity index (χ0) is 18.5. The molecule has 3 rings (SSSR count). The third kappa shape index (κ3) is 4.10. The van der Waals surface area contributed by atoms with Gasteiger partial charge in [-0.3, -0.25) is 4.79 Å². The zero-order valence-electron chi connectivity index (χ0n) is 14.9. The molecule has 1 aliphatic rings. The first-order chi connectivity index (χ1) is 12.6. The molecule has 0 saturated carbocycles. The van der Waals surface area contributed by atoms with Crippen molar-refractivity contribution in [3.8, 4) is 11.1 Å². The van der Waals surface area contributed by atoms with E-state index in [1.807, 2.05) is 4.90 Å². The molecule has 26 heavy (non-hydrogen) atoms. The summed E-state index contributed by atoms with van der Waals surface area (Å²) >= 11 is 0. The molecule has 1 saturated heterocycles. The minimum atomic E-state index is -0.611. The van der Waals surface area contributed by atoms with E-state index in [4.69, 9.17) is 4.74 Å². The van der Waals surface area contributed by atoms with E-state index in [1.54, 1.807) is 31.4 Å². The van der Waals surface area contributed by atoms with Gasteiger partial charge < -0.3 is 9.64 Å². The summed E-state index contributed by atoms with van der Waals surface area (Å²) < 4.78 is 32.2. The summed E-state index contributed by atoms with van der Waals surface area (Å²) in [6.07, 6.45) is 3.96. The summed E-state index contributed by atoms with van der Waals surface area (Å²) in [7, 11) is 1.67. The Bertz CT molecular complexity index is 761. The fourth-order valence-electron chi connectivity index (χ4n) is 3.50. The van der Waals surface area contributed by atoms with Crippen LogP contribution in [0.25, 0.3) is 11.1 Å². The maximum absolute atomic E-state index is 13.9. The first kappa shape index (κ1) is 18.5. The molecule has 0 radical (unpaired) electrons. The molecule has 0 N–H and O–H groups in total. The van der Waals surface area contributed by atoms with E-state index < -0.39 is 11.6 Å². The van der Waals surface area contributed by atoms with Crippen LogP contribution in [0.3, 0.4) is 0 Å². The number of ether oxygens (including phenoxy) is 1. The lowest BCUT2D eigenvalue weighted by molar-refractivity contribution is 0.0553. The lowest BCUT2D eigenvalue weighted by atomic mass is 9.97. The Labute approximate surface area is 152 Å². The lowest BCUT2D eigenvalue weighted by Crippen LogP contribution is -2.44. The number of hydrogen-bond acceptors (Lipinski definition) is 2. The number of amides is 1. The summed E-state index contributed by atoms with van der Waals surface area (Å²) in [5.74, 6) is -1.22. The summed E-state index contributed by atoms with van der Waals surface area (Å²) in [6.45, 7) is 1.39. The van der Waals surface area contributed by atoms with E-state index in [2.05, 4.69) is 0 Å². The molecule has 1 amide bonds. The molecule has 138 valence electrons. The van der Waals surface area contributed by atoms with Crippen LogP contribution < -0.4 is 0 Å². The van der Waals surface area contributed by atoms with Crippen molar-refractivity contribution in [2.75, 3.05) is 20.3 Å². The third-order valence-electron chi connectivity index (χ3n) is 4.92. The Hall–Kier alpha value is -2.27. The Kier molecular flexibility index (Phi) is 5.99. The molecule has 1 heterocycles. The minimum Gasteiger partial charge on any atom is -0.385 e. The largest absolute Gasteiger partial charge is 0.385 e. The van der Waals surface area contributed by atoms with E-state index in [-0.39, 0.29) is 11.9 Å². The minimum absolute atomic E-state index is 0.00284. The molecule has 0 aromatic heterocycles. The number of carbonyl (C=O) groups excluding carboxylic acids is 1. The van der Waals surface area contributed by atoms with E-state index in [9.17, 15) is 13.6 Å². The van der Waals surface area contributed by atoms with Gasteiger partial charge in [0.15, 0.2) is 0 Å².